The molecule has 1 aromatic carbocycles. The van der Waals surface area contributed by atoms with Crippen molar-refractivity contribution in [1.82, 2.24) is 5.32 Å². The van der Waals surface area contributed by atoms with Gasteiger partial charge in [-0.25, -0.2) is 4.79 Å². The summed E-state index contributed by atoms with van der Waals surface area (Å²) >= 11 is 0. The zero-order chi connectivity index (χ0) is 15.4. The van der Waals surface area contributed by atoms with Gasteiger partial charge in [-0.2, -0.15) is 0 Å². The molecule has 1 fully saturated rings. The van der Waals surface area contributed by atoms with Crippen molar-refractivity contribution in [1.29, 1.82) is 0 Å². The molecule has 116 valence electrons. The van der Waals surface area contributed by atoms with Crippen LogP contribution in [0.25, 0.3) is 0 Å². The van der Waals surface area contributed by atoms with Gasteiger partial charge in [0.05, 0.1) is 13.2 Å². The van der Waals surface area contributed by atoms with E-state index in [1.165, 1.54) is 12.8 Å². The number of hydrogen-bond donors (Lipinski definition) is 2. The second kappa shape index (κ2) is 6.70. The summed E-state index contributed by atoms with van der Waals surface area (Å²) in [4.78, 5) is 10.6. The molecule has 5 nitrogen and oxygen atoms in total. The molecule has 2 atom stereocenters. The highest BCUT2D eigenvalue weighted by Gasteiger charge is 2.30. The van der Waals surface area contributed by atoms with Crippen LogP contribution in [0.4, 0.5) is 4.79 Å². The van der Waals surface area contributed by atoms with Crippen LogP contribution < -0.4 is 14.8 Å². The molecule has 2 N–H and O–H groups in total. The van der Waals surface area contributed by atoms with E-state index in [9.17, 15) is 4.79 Å². The van der Waals surface area contributed by atoms with Crippen molar-refractivity contribution in [2.24, 2.45) is 5.92 Å². The van der Waals surface area contributed by atoms with Crippen LogP contribution in [0.5, 0.6) is 11.5 Å². The molecule has 1 saturated carbocycles. The molecule has 2 unspecified atom stereocenters. The van der Waals surface area contributed by atoms with Gasteiger partial charge in [0.15, 0.2) is 11.5 Å². The summed E-state index contributed by atoms with van der Waals surface area (Å²) < 4.78 is 11.4. The van der Waals surface area contributed by atoms with Crippen molar-refractivity contribution in [2.45, 2.75) is 38.7 Å². The first kappa shape index (κ1) is 15.5. The van der Waals surface area contributed by atoms with E-state index in [1.807, 2.05) is 25.1 Å². The molecule has 0 saturated heterocycles. The Bertz CT molecular complexity index is 499. The van der Waals surface area contributed by atoms with Gasteiger partial charge in [0.2, 0.25) is 0 Å². The molecule has 0 bridgehead atoms. The average Bonchev–Trinajstić information content (AvgIpc) is 3.29. The minimum Gasteiger partial charge on any atom is -0.493 e. The lowest BCUT2D eigenvalue weighted by molar-refractivity contribution is 0.189. The third-order valence-corrected chi connectivity index (χ3v) is 3.91. The van der Waals surface area contributed by atoms with Crippen molar-refractivity contribution in [3.05, 3.63) is 23.8 Å². The first-order valence-corrected chi connectivity index (χ1v) is 7.32. The zero-order valence-corrected chi connectivity index (χ0v) is 12.8. The Balaban J connectivity index is 2.09. The molecular formula is C16H23NO4. The molecule has 0 aliphatic heterocycles. The highest BCUT2D eigenvalue weighted by molar-refractivity contribution is 5.64. The second-order valence-electron chi connectivity index (χ2n) is 5.66. The van der Waals surface area contributed by atoms with Crippen LogP contribution in [-0.4, -0.2) is 31.0 Å². The number of ether oxygens (including phenoxy) is 2. The Labute approximate surface area is 125 Å². The topological polar surface area (TPSA) is 67.8 Å². The number of benzene rings is 1. The van der Waals surface area contributed by atoms with Gasteiger partial charge >= 0.3 is 6.09 Å². The summed E-state index contributed by atoms with van der Waals surface area (Å²) in [7, 11) is 1.62. The lowest BCUT2D eigenvalue weighted by Gasteiger charge is -2.19. The normalized spacial score (nSPS) is 16.9. The van der Waals surface area contributed by atoms with Crippen molar-refractivity contribution >= 4 is 6.09 Å². The number of nitrogens with one attached hydrogen (secondary N) is 1. The van der Waals surface area contributed by atoms with E-state index in [0.29, 0.717) is 18.2 Å². The third-order valence-electron chi connectivity index (χ3n) is 3.91. The molecule has 21 heavy (non-hydrogen) atoms. The van der Waals surface area contributed by atoms with E-state index in [1.54, 1.807) is 7.11 Å². The van der Waals surface area contributed by atoms with Gasteiger partial charge in [0.1, 0.15) is 0 Å². The van der Waals surface area contributed by atoms with Gasteiger partial charge < -0.3 is 19.9 Å². The number of carbonyl (C=O) groups is 1. The molecular weight excluding hydrogens is 270 g/mol. The van der Waals surface area contributed by atoms with E-state index in [-0.39, 0.29) is 12.0 Å². The quantitative estimate of drug-likeness (QED) is 0.810. The molecule has 1 aliphatic carbocycles. The predicted molar refractivity (Wildman–Crippen MR) is 80.3 cm³/mol. The Morgan fingerprint density at radius 2 is 2.10 bits per heavy atom. The van der Waals surface area contributed by atoms with Gasteiger partial charge in [-0.3, -0.25) is 0 Å². The van der Waals surface area contributed by atoms with E-state index in [4.69, 9.17) is 14.6 Å². The van der Waals surface area contributed by atoms with Crippen LogP contribution in [0.15, 0.2) is 18.2 Å². The van der Waals surface area contributed by atoms with E-state index in [2.05, 4.69) is 12.2 Å². The van der Waals surface area contributed by atoms with Crippen molar-refractivity contribution in [3.63, 3.8) is 0 Å². The number of amides is 1. The van der Waals surface area contributed by atoms with Crippen LogP contribution in [0, 0.1) is 5.92 Å². The minimum absolute atomic E-state index is 0.0746. The van der Waals surface area contributed by atoms with Crippen molar-refractivity contribution in [3.8, 4) is 11.5 Å². The fraction of sp³-hybridized carbons (Fsp3) is 0.562. The van der Waals surface area contributed by atoms with Crippen LogP contribution in [0.2, 0.25) is 0 Å². The fourth-order valence-electron chi connectivity index (χ4n) is 2.31. The summed E-state index contributed by atoms with van der Waals surface area (Å²) in [6.45, 7) is 4.43. The standard InChI is InChI=1S/C16H23NO4/c1-10(9-17-16(18)19)13-6-7-14(20-3)15(8-13)21-11(2)12-4-5-12/h6-8,10-12,17H,4-5,9H2,1-3H3,(H,18,19). The summed E-state index contributed by atoms with van der Waals surface area (Å²) in [5, 5.41) is 11.1. The largest absolute Gasteiger partial charge is 0.493 e. The second-order valence-corrected chi connectivity index (χ2v) is 5.66. The lowest BCUT2D eigenvalue weighted by atomic mass is 10.0. The Kier molecular flexibility index (Phi) is 4.94. The smallest absolute Gasteiger partial charge is 0.404 e. The molecule has 1 aromatic rings. The van der Waals surface area contributed by atoms with Gasteiger partial charge in [-0.05, 0) is 49.3 Å². The first-order chi connectivity index (χ1) is 10.0. The highest BCUT2D eigenvalue weighted by Crippen LogP contribution is 2.38. The Hall–Kier alpha value is -1.91. The Morgan fingerprint density at radius 3 is 2.67 bits per heavy atom. The maximum Gasteiger partial charge on any atom is 0.404 e. The SMILES string of the molecule is COc1ccc(C(C)CNC(=O)O)cc1OC(C)C1CC1. The zero-order valence-electron chi connectivity index (χ0n) is 12.8. The first-order valence-electron chi connectivity index (χ1n) is 7.32. The van der Waals surface area contributed by atoms with Crippen LogP contribution in [0.1, 0.15) is 38.2 Å². The number of hydrogen-bond acceptors (Lipinski definition) is 3. The van der Waals surface area contributed by atoms with Crippen LogP contribution >= 0.6 is 0 Å². The molecule has 0 spiro atoms. The minimum atomic E-state index is -1.01. The van der Waals surface area contributed by atoms with Crippen molar-refractivity contribution in [2.75, 3.05) is 13.7 Å². The van der Waals surface area contributed by atoms with E-state index >= 15 is 0 Å². The molecule has 2 rings (SSSR count). The van der Waals surface area contributed by atoms with Gasteiger partial charge in [0.25, 0.3) is 0 Å². The highest BCUT2D eigenvalue weighted by atomic mass is 16.5. The van der Waals surface area contributed by atoms with E-state index in [0.717, 1.165) is 11.3 Å². The fourth-order valence-corrected chi connectivity index (χ4v) is 2.31. The Morgan fingerprint density at radius 1 is 1.38 bits per heavy atom. The maximum atomic E-state index is 10.6. The summed E-state index contributed by atoms with van der Waals surface area (Å²) in [6.07, 6.45) is 1.63. The average molecular weight is 293 g/mol. The van der Waals surface area contributed by atoms with Gasteiger partial charge in [-0.15, -0.1) is 0 Å². The van der Waals surface area contributed by atoms with Crippen LogP contribution in [0.3, 0.4) is 0 Å². The maximum absolute atomic E-state index is 10.6. The summed E-state index contributed by atoms with van der Waals surface area (Å²) in [5.41, 5.74) is 1.03. The molecule has 1 amide bonds. The predicted octanol–water partition coefficient (Wildman–Crippen LogP) is 3.24. The number of rotatable bonds is 7. The van der Waals surface area contributed by atoms with E-state index < -0.39 is 6.09 Å². The molecule has 0 heterocycles. The molecule has 0 aromatic heterocycles. The summed E-state index contributed by atoms with van der Waals surface area (Å²) in [6, 6.07) is 5.77. The molecule has 5 heteroatoms. The number of methoxy groups -OCH3 is 1. The summed E-state index contributed by atoms with van der Waals surface area (Å²) in [5.74, 6) is 2.16. The monoisotopic (exact) mass is 293 g/mol. The number of carboxylic acid groups (broad SMARTS) is 1. The van der Waals surface area contributed by atoms with Crippen LogP contribution in [-0.2, 0) is 0 Å². The lowest BCUT2D eigenvalue weighted by Crippen LogP contribution is -2.25. The third kappa shape index (κ3) is 4.28. The molecule has 0 radical (unpaired) electrons. The molecule has 1 aliphatic rings. The van der Waals surface area contributed by atoms with Crippen molar-refractivity contribution < 1.29 is 19.4 Å². The van der Waals surface area contributed by atoms with Gasteiger partial charge in [-0.1, -0.05) is 13.0 Å². The van der Waals surface area contributed by atoms with Gasteiger partial charge in [0, 0.05) is 6.54 Å².